The Kier molecular flexibility index (Phi) is 10.8. The summed E-state index contributed by atoms with van der Waals surface area (Å²) in [7, 11) is -7.26. The van der Waals surface area contributed by atoms with Crippen LogP contribution in [0.1, 0.15) is 73.5 Å². The predicted octanol–water partition coefficient (Wildman–Crippen LogP) is 2.81. The molecule has 0 amide bonds. The molecule has 3 unspecified atom stereocenters. The third-order valence-electron chi connectivity index (χ3n) is 9.27. The predicted molar refractivity (Wildman–Crippen MR) is 167 cm³/mol. The molecule has 0 spiro atoms. The van der Waals surface area contributed by atoms with Gasteiger partial charge in [-0.25, -0.2) is 13.8 Å². The average molecular weight is 680 g/mol. The molecule has 0 bridgehead atoms. The molecule has 1 aromatic rings. The first kappa shape index (κ1) is 36.5. The molecular formula is C28H51FN5O9PSi. The van der Waals surface area contributed by atoms with Crippen LogP contribution in [0.2, 0.25) is 18.1 Å². The zero-order chi connectivity index (χ0) is 33.6. The van der Waals surface area contributed by atoms with E-state index in [2.05, 4.69) is 44.2 Å². The molecule has 3 saturated heterocycles. The third-order valence-corrected chi connectivity index (χ3v) is 14.8. The molecule has 3 aliphatic rings. The van der Waals surface area contributed by atoms with Crippen LogP contribution in [0.4, 0.5) is 4.39 Å². The first-order valence-electron chi connectivity index (χ1n) is 15.6. The highest BCUT2D eigenvalue weighted by atomic mass is 31.2. The molecule has 14 nitrogen and oxygen atoms in total. The fourth-order valence-electron chi connectivity index (χ4n) is 6.39. The molecule has 6 atom stereocenters. The third kappa shape index (κ3) is 8.79. The van der Waals surface area contributed by atoms with Crippen LogP contribution in [0, 0.1) is 0 Å². The number of nitrogens with zero attached hydrogens (tertiary/aromatic N) is 3. The number of H-pyrrole nitrogens is 1. The van der Waals surface area contributed by atoms with Crippen molar-refractivity contribution in [1.82, 2.24) is 24.7 Å². The van der Waals surface area contributed by atoms with E-state index >= 15 is 0 Å². The van der Waals surface area contributed by atoms with Crippen molar-refractivity contribution < 1.29 is 37.4 Å². The van der Waals surface area contributed by atoms with Gasteiger partial charge in [0.15, 0.2) is 14.6 Å². The number of hydrogen-bond donors (Lipinski definition) is 4. The number of hydrogen-bond acceptors (Lipinski definition) is 9. The van der Waals surface area contributed by atoms with E-state index in [-0.39, 0.29) is 50.3 Å². The van der Waals surface area contributed by atoms with Crippen LogP contribution in [0.25, 0.3) is 0 Å². The molecule has 258 valence electrons. The lowest BCUT2D eigenvalue weighted by molar-refractivity contribution is -0.199. The Labute approximate surface area is 264 Å². The fourth-order valence-corrected chi connectivity index (χ4v) is 8.61. The molecule has 45 heavy (non-hydrogen) atoms. The quantitative estimate of drug-likeness (QED) is 0.162. The van der Waals surface area contributed by atoms with Gasteiger partial charge in [0.2, 0.25) is 0 Å². The molecule has 0 aromatic carbocycles. The Morgan fingerprint density at radius 1 is 1.27 bits per heavy atom. The summed E-state index contributed by atoms with van der Waals surface area (Å²) in [5, 5.41) is 4.50. The van der Waals surface area contributed by atoms with Gasteiger partial charge in [-0.1, -0.05) is 20.8 Å². The van der Waals surface area contributed by atoms with Crippen LogP contribution in [-0.2, 0) is 23.2 Å². The Bertz CT molecular complexity index is 1350. The van der Waals surface area contributed by atoms with E-state index in [4.69, 9.17) is 18.6 Å². The molecule has 0 saturated carbocycles. The number of aromatic amines is 1. The van der Waals surface area contributed by atoms with Gasteiger partial charge in [-0.3, -0.25) is 19.7 Å². The van der Waals surface area contributed by atoms with Gasteiger partial charge >= 0.3 is 13.4 Å². The summed E-state index contributed by atoms with van der Waals surface area (Å²) in [5.74, 6) is 0. The second-order valence-corrected chi connectivity index (χ2v) is 20.9. The summed E-state index contributed by atoms with van der Waals surface area (Å²) < 4.78 is 54.8. The van der Waals surface area contributed by atoms with Crippen molar-refractivity contribution >= 4 is 16.1 Å². The van der Waals surface area contributed by atoms with Crippen molar-refractivity contribution in [2.75, 3.05) is 26.3 Å². The number of alkyl halides is 1. The van der Waals surface area contributed by atoms with Crippen LogP contribution in [0.3, 0.4) is 0 Å². The van der Waals surface area contributed by atoms with Gasteiger partial charge in [-0.15, -0.1) is 4.78 Å². The maximum Gasteiger partial charge on any atom is 0.416 e. The van der Waals surface area contributed by atoms with E-state index in [9.17, 15) is 28.3 Å². The smallest absolute Gasteiger partial charge is 0.411 e. The van der Waals surface area contributed by atoms with Gasteiger partial charge in [0.05, 0.1) is 31.5 Å². The van der Waals surface area contributed by atoms with Crippen molar-refractivity contribution in [2.45, 2.75) is 127 Å². The molecule has 4 rings (SSSR count). The SMILES string of the molecule is CC1CC(C)(C)NC(CCN(N2CCOCC2F)P(=O)(O)O)(C[C@H]2O[C@@H](n3ccc(=O)[nH]c3=O)C[C@@H]2O[Si](C)(C)C(C)(C)C)O1. The average Bonchev–Trinajstić information content (AvgIpc) is 3.23. The van der Waals surface area contributed by atoms with Gasteiger partial charge in [-0.2, -0.15) is 5.01 Å². The molecule has 0 aliphatic carbocycles. The van der Waals surface area contributed by atoms with Gasteiger partial charge in [0.25, 0.3) is 5.56 Å². The number of hydrazine groups is 1. The van der Waals surface area contributed by atoms with Gasteiger partial charge in [-0.05, 0) is 45.3 Å². The first-order valence-corrected chi connectivity index (χ1v) is 20.0. The number of aromatic nitrogens is 2. The number of morpholine rings is 1. The largest absolute Gasteiger partial charge is 0.416 e. The van der Waals surface area contributed by atoms with Crippen molar-refractivity contribution in [3.63, 3.8) is 0 Å². The molecule has 0 radical (unpaired) electrons. The Hall–Kier alpha value is -1.30. The summed E-state index contributed by atoms with van der Waals surface area (Å²) >= 11 is 0. The number of nitrogens with one attached hydrogen (secondary N) is 2. The molecule has 4 heterocycles. The molecule has 3 aliphatic heterocycles. The standard InChI is InChI=1S/C28H51FN5O9PSi/c1-19-16-27(5,6)31-28(42-19,10-12-34(44(37,38)39)33-13-14-40-18-22(33)29)17-21-20(43-45(7,8)26(2,3)4)15-24(41-21)32-11-9-23(35)30-25(32)36/h9,11,19-22,24,31H,10,12-18H2,1-8H3,(H,30,35,36)(H2,37,38,39)/t19?,20-,21+,22?,24+,28?/m0/s1. The van der Waals surface area contributed by atoms with Crippen molar-refractivity contribution in [2.24, 2.45) is 0 Å². The van der Waals surface area contributed by atoms with E-state index in [0.717, 1.165) is 9.79 Å². The molecule has 3 fully saturated rings. The maximum absolute atomic E-state index is 14.9. The van der Waals surface area contributed by atoms with Crippen LogP contribution in [0.15, 0.2) is 21.9 Å². The Morgan fingerprint density at radius 3 is 2.53 bits per heavy atom. The molecule has 1 aromatic heterocycles. The lowest BCUT2D eigenvalue weighted by atomic mass is 9.87. The van der Waals surface area contributed by atoms with Crippen molar-refractivity contribution in [3.05, 3.63) is 33.1 Å². The summed E-state index contributed by atoms with van der Waals surface area (Å²) in [4.78, 5) is 47.4. The molecule has 4 N–H and O–H groups in total. The van der Waals surface area contributed by atoms with E-state index in [1.54, 1.807) is 0 Å². The number of rotatable bonds is 10. The summed E-state index contributed by atoms with van der Waals surface area (Å²) in [5.41, 5.74) is -2.69. The van der Waals surface area contributed by atoms with E-state index in [1.807, 2.05) is 20.8 Å². The normalized spacial score (nSPS) is 31.9. The lowest BCUT2D eigenvalue weighted by Gasteiger charge is -2.51. The Balaban J connectivity index is 1.69. The zero-order valence-electron chi connectivity index (χ0n) is 27.6. The highest BCUT2D eigenvalue weighted by Crippen LogP contribution is 2.46. The highest BCUT2D eigenvalue weighted by Gasteiger charge is 2.52. The second kappa shape index (κ2) is 13.3. The monoisotopic (exact) mass is 679 g/mol. The van der Waals surface area contributed by atoms with E-state index in [1.165, 1.54) is 16.8 Å². The van der Waals surface area contributed by atoms with Crippen molar-refractivity contribution in [3.8, 4) is 0 Å². The fraction of sp³-hybridized carbons (Fsp3) is 0.857. The molecular weight excluding hydrogens is 628 g/mol. The van der Waals surface area contributed by atoms with Gasteiger partial charge in [0.1, 0.15) is 12.0 Å². The van der Waals surface area contributed by atoms with Crippen LogP contribution in [0.5, 0.6) is 0 Å². The minimum absolute atomic E-state index is 0.0147. The zero-order valence-corrected chi connectivity index (χ0v) is 29.5. The minimum atomic E-state index is -4.92. The number of halogens is 1. The number of ether oxygens (including phenoxy) is 3. The van der Waals surface area contributed by atoms with Gasteiger partial charge in [0, 0.05) is 50.2 Å². The van der Waals surface area contributed by atoms with E-state index in [0.29, 0.717) is 12.8 Å². The molecule has 17 heteroatoms. The Morgan fingerprint density at radius 2 is 1.96 bits per heavy atom. The summed E-state index contributed by atoms with van der Waals surface area (Å²) in [6, 6.07) is 1.26. The van der Waals surface area contributed by atoms with Crippen LogP contribution < -0.4 is 16.6 Å². The van der Waals surface area contributed by atoms with Gasteiger partial charge < -0.3 is 28.4 Å². The maximum atomic E-state index is 14.9. The summed E-state index contributed by atoms with van der Waals surface area (Å²) in [6.07, 6.45) is -1.01. The first-order chi connectivity index (χ1) is 20.6. The van der Waals surface area contributed by atoms with Crippen LogP contribution >= 0.6 is 7.75 Å². The highest BCUT2D eigenvalue weighted by molar-refractivity contribution is 7.49. The second-order valence-electron chi connectivity index (χ2n) is 14.7. The van der Waals surface area contributed by atoms with Crippen molar-refractivity contribution in [1.29, 1.82) is 0 Å². The van der Waals surface area contributed by atoms with E-state index < -0.39 is 63.3 Å². The van der Waals surface area contributed by atoms with Crippen LogP contribution in [-0.4, -0.2) is 99.6 Å². The lowest BCUT2D eigenvalue weighted by Crippen LogP contribution is -2.65. The minimum Gasteiger partial charge on any atom is -0.411 e. The summed E-state index contributed by atoms with van der Waals surface area (Å²) in [6.45, 7) is 16.3. The topological polar surface area (TPSA) is 168 Å².